The molecule has 28 heavy (non-hydrogen) atoms. The summed E-state index contributed by atoms with van der Waals surface area (Å²) in [5.41, 5.74) is 3.25. The average Bonchev–Trinajstić information content (AvgIpc) is 3.12. The number of H-pyrrole nitrogens is 1. The van der Waals surface area contributed by atoms with E-state index >= 15 is 0 Å². The molecular formula is C22H17Cl2N3O. The van der Waals surface area contributed by atoms with Gasteiger partial charge in [0.25, 0.3) is 5.91 Å². The maximum absolute atomic E-state index is 12.9. The van der Waals surface area contributed by atoms with Gasteiger partial charge in [0, 0.05) is 5.02 Å². The number of fused-ring (bicyclic) bond motifs is 1. The number of halogens is 2. The first-order valence-corrected chi connectivity index (χ1v) is 9.60. The fourth-order valence-electron chi connectivity index (χ4n) is 3.11. The molecule has 0 aliphatic carbocycles. The highest BCUT2D eigenvalue weighted by Gasteiger charge is 2.21. The number of hydrogen-bond acceptors (Lipinski definition) is 2. The van der Waals surface area contributed by atoms with E-state index < -0.39 is 0 Å². The molecule has 140 valence electrons. The molecule has 1 amide bonds. The molecule has 0 bridgehead atoms. The Morgan fingerprint density at radius 1 is 1.00 bits per heavy atom. The van der Waals surface area contributed by atoms with Crippen molar-refractivity contribution >= 4 is 40.1 Å². The summed E-state index contributed by atoms with van der Waals surface area (Å²) in [7, 11) is 0. The van der Waals surface area contributed by atoms with Crippen molar-refractivity contribution in [1.82, 2.24) is 15.3 Å². The topological polar surface area (TPSA) is 57.8 Å². The summed E-state index contributed by atoms with van der Waals surface area (Å²) in [5.74, 6) is 0.423. The summed E-state index contributed by atoms with van der Waals surface area (Å²) < 4.78 is 0. The molecule has 1 atom stereocenters. The maximum Gasteiger partial charge on any atom is 0.253 e. The van der Waals surface area contributed by atoms with E-state index in [0.29, 0.717) is 27.9 Å². The number of imidazole rings is 1. The molecule has 0 radical (unpaired) electrons. The third-order valence-electron chi connectivity index (χ3n) is 4.50. The fourth-order valence-corrected chi connectivity index (χ4v) is 3.61. The molecule has 4 aromatic rings. The van der Waals surface area contributed by atoms with E-state index in [-0.39, 0.29) is 11.9 Å². The van der Waals surface area contributed by atoms with Gasteiger partial charge in [0.1, 0.15) is 5.82 Å². The Morgan fingerprint density at radius 2 is 1.75 bits per heavy atom. The molecule has 0 saturated carbocycles. The van der Waals surface area contributed by atoms with Gasteiger partial charge in [-0.2, -0.15) is 0 Å². The number of nitrogens with zero attached hydrogens (tertiary/aromatic N) is 1. The molecule has 1 aromatic heterocycles. The van der Waals surface area contributed by atoms with Crippen LogP contribution in [-0.4, -0.2) is 15.9 Å². The van der Waals surface area contributed by atoms with Crippen LogP contribution in [0.25, 0.3) is 11.0 Å². The lowest BCUT2D eigenvalue weighted by molar-refractivity contribution is 0.0935. The van der Waals surface area contributed by atoms with Crippen LogP contribution in [-0.2, 0) is 6.42 Å². The van der Waals surface area contributed by atoms with Crippen LogP contribution in [0.5, 0.6) is 0 Å². The average molecular weight is 410 g/mol. The Hall–Kier alpha value is -2.82. The predicted octanol–water partition coefficient (Wildman–Crippen LogP) is 5.58. The maximum atomic E-state index is 12.9. The van der Waals surface area contributed by atoms with Gasteiger partial charge in [-0.05, 0) is 42.3 Å². The Balaban J connectivity index is 1.67. The van der Waals surface area contributed by atoms with Crippen LogP contribution in [0.4, 0.5) is 0 Å². The lowest BCUT2D eigenvalue weighted by Gasteiger charge is -2.17. The zero-order valence-corrected chi connectivity index (χ0v) is 16.3. The predicted molar refractivity (Wildman–Crippen MR) is 113 cm³/mol. The molecule has 0 aliphatic heterocycles. The second-order valence-corrected chi connectivity index (χ2v) is 7.32. The van der Waals surface area contributed by atoms with Gasteiger partial charge in [-0.25, -0.2) is 4.98 Å². The van der Waals surface area contributed by atoms with Crippen molar-refractivity contribution in [3.05, 3.63) is 99.8 Å². The molecule has 0 fully saturated rings. The SMILES string of the molecule is O=C(NC(Cc1ccccc1)c1nc2ccccc2[nH]1)c1ccc(Cl)cc1Cl. The number of para-hydroxylation sites is 2. The zero-order chi connectivity index (χ0) is 19.5. The summed E-state index contributed by atoms with van der Waals surface area (Å²) in [6.07, 6.45) is 0.595. The lowest BCUT2D eigenvalue weighted by Crippen LogP contribution is -2.31. The molecule has 0 spiro atoms. The number of aromatic amines is 1. The minimum Gasteiger partial charge on any atom is -0.342 e. The summed E-state index contributed by atoms with van der Waals surface area (Å²) in [6.45, 7) is 0. The summed E-state index contributed by atoms with van der Waals surface area (Å²) in [4.78, 5) is 20.9. The first-order valence-electron chi connectivity index (χ1n) is 8.84. The van der Waals surface area contributed by atoms with Crippen molar-refractivity contribution in [3.8, 4) is 0 Å². The summed E-state index contributed by atoms with van der Waals surface area (Å²) in [5, 5.41) is 3.86. The van der Waals surface area contributed by atoms with Gasteiger partial charge in [-0.1, -0.05) is 65.7 Å². The van der Waals surface area contributed by atoms with Gasteiger partial charge in [0.15, 0.2) is 0 Å². The first kappa shape index (κ1) is 18.5. The largest absolute Gasteiger partial charge is 0.342 e. The Kier molecular flexibility index (Phi) is 5.33. The van der Waals surface area contributed by atoms with Crippen molar-refractivity contribution in [2.75, 3.05) is 0 Å². The van der Waals surface area contributed by atoms with Crippen LogP contribution >= 0.6 is 23.2 Å². The molecule has 0 aliphatic rings. The van der Waals surface area contributed by atoms with Crippen molar-refractivity contribution in [2.45, 2.75) is 12.5 Å². The molecule has 1 heterocycles. The van der Waals surface area contributed by atoms with Crippen LogP contribution in [0, 0.1) is 0 Å². The molecule has 4 rings (SSSR count). The van der Waals surface area contributed by atoms with Gasteiger partial charge in [-0.3, -0.25) is 4.79 Å². The Morgan fingerprint density at radius 3 is 2.50 bits per heavy atom. The van der Waals surface area contributed by atoms with Crippen LogP contribution in [0.3, 0.4) is 0 Å². The van der Waals surface area contributed by atoms with E-state index in [1.807, 2.05) is 54.6 Å². The number of hydrogen-bond donors (Lipinski definition) is 2. The monoisotopic (exact) mass is 409 g/mol. The number of aromatic nitrogens is 2. The standard InChI is InChI=1S/C22H17Cl2N3O/c23-15-10-11-16(17(24)13-15)22(28)27-20(12-14-6-2-1-3-7-14)21-25-18-8-4-5-9-19(18)26-21/h1-11,13,20H,12H2,(H,25,26)(H,27,28). The van der Waals surface area contributed by atoms with Crippen LogP contribution in [0.1, 0.15) is 27.8 Å². The van der Waals surface area contributed by atoms with Crippen LogP contribution < -0.4 is 5.32 Å². The molecule has 0 saturated heterocycles. The van der Waals surface area contributed by atoms with Crippen LogP contribution in [0.15, 0.2) is 72.8 Å². The first-order chi connectivity index (χ1) is 13.6. The lowest BCUT2D eigenvalue weighted by atomic mass is 10.0. The fraction of sp³-hybridized carbons (Fsp3) is 0.0909. The van der Waals surface area contributed by atoms with Crippen LogP contribution in [0.2, 0.25) is 10.0 Å². The minimum atomic E-state index is -0.339. The van der Waals surface area contributed by atoms with Crippen molar-refractivity contribution in [1.29, 1.82) is 0 Å². The van der Waals surface area contributed by atoms with Crippen molar-refractivity contribution in [3.63, 3.8) is 0 Å². The van der Waals surface area contributed by atoms with E-state index in [0.717, 1.165) is 16.6 Å². The van der Waals surface area contributed by atoms with E-state index in [4.69, 9.17) is 23.2 Å². The number of rotatable bonds is 5. The van der Waals surface area contributed by atoms with Crippen molar-refractivity contribution < 1.29 is 4.79 Å². The third kappa shape index (κ3) is 4.03. The van der Waals surface area contributed by atoms with E-state index in [9.17, 15) is 4.79 Å². The molecule has 2 N–H and O–H groups in total. The van der Waals surface area contributed by atoms with Gasteiger partial charge in [0.2, 0.25) is 0 Å². The Labute approximate surface area is 172 Å². The third-order valence-corrected chi connectivity index (χ3v) is 5.05. The van der Waals surface area contributed by atoms with Gasteiger partial charge in [0.05, 0.1) is 27.7 Å². The van der Waals surface area contributed by atoms with Gasteiger partial charge < -0.3 is 10.3 Å². The van der Waals surface area contributed by atoms with Gasteiger partial charge in [-0.15, -0.1) is 0 Å². The van der Waals surface area contributed by atoms with Gasteiger partial charge >= 0.3 is 0 Å². The molecule has 6 heteroatoms. The number of benzene rings is 3. The second kappa shape index (κ2) is 8.05. The molecule has 4 nitrogen and oxygen atoms in total. The van der Waals surface area contributed by atoms with Crippen molar-refractivity contribution in [2.24, 2.45) is 0 Å². The quantitative estimate of drug-likeness (QED) is 0.451. The van der Waals surface area contributed by atoms with E-state index in [1.165, 1.54) is 0 Å². The highest BCUT2D eigenvalue weighted by Crippen LogP contribution is 2.24. The zero-order valence-electron chi connectivity index (χ0n) is 14.8. The van der Waals surface area contributed by atoms with E-state index in [2.05, 4.69) is 15.3 Å². The molecule has 1 unspecified atom stereocenters. The Bertz CT molecular complexity index is 1090. The number of carbonyl (C=O) groups excluding carboxylic acids is 1. The molecular weight excluding hydrogens is 393 g/mol. The number of carbonyl (C=O) groups is 1. The smallest absolute Gasteiger partial charge is 0.253 e. The minimum absolute atomic E-state index is 0.275. The van der Waals surface area contributed by atoms with E-state index in [1.54, 1.807) is 18.2 Å². The number of amides is 1. The normalized spacial score (nSPS) is 12.1. The number of nitrogens with one attached hydrogen (secondary N) is 2. The highest BCUT2D eigenvalue weighted by atomic mass is 35.5. The summed E-state index contributed by atoms with van der Waals surface area (Å²) in [6, 6.07) is 22.2. The molecule has 3 aromatic carbocycles. The highest BCUT2D eigenvalue weighted by molar-refractivity contribution is 6.36. The summed E-state index contributed by atoms with van der Waals surface area (Å²) >= 11 is 12.2. The second-order valence-electron chi connectivity index (χ2n) is 6.48.